The second kappa shape index (κ2) is 38.6. The number of anilines is 3. The summed E-state index contributed by atoms with van der Waals surface area (Å²) in [6.45, 7) is 24.0. The summed E-state index contributed by atoms with van der Waals surface area (Å²) in [6.07, 6.45) is 18.8. The smallest absolute Gasteiger partial charge is 0.446 e. The normalized spacial score (nSPS) is 11.0. The summed E-state index contributed by atoms with van der Waals surface area (Å²) >= 11 is 0. The molecule has 0 radical (unpaired) electrons. The van der Waals surface area contributed by atoms with E-state index in [0.29, 0.717) is 35.9 Å². The molecule has 17 heteroatoms. The van der Waals surface area contributed by atoms with Gasteiger partial charge in [0.05, 0.1) is 47.6 Å². The van der Waals surface area contributed by atoms with Gasteiger partial charge in [0.15, 0.2) is 0 Å². The van der Waals surface area contributed by atoms with Crippen LogP contribution in [0.5, 0.6) is 11.8 Å². The van der Waals surface area contributed by atoms with Gasteiger partial charge in [0.1, 0.15) is 0 Å². The van der Waals surface area contributed by atoms with Crippen LogP contribution in [0.2, 0.25) is 0 Å². The molecule has 596 valence electrons. The Hall–Kier alpha value is -11.7. The van der Waals surface area contributed by atoms with Crippen molar-refractivity contribution in [2.24, 2.45) is 14.1 Å². The van der Waals surface area contributed by atoms with Crippen LogP contribution >= 0.6 is 0 Å². The molecular weight excluding hydrogens is 2000 g/mol. The molecule has 14 nitrogen and oxygen atoms in total. The minimum atomic E-state index is 0. The zero-order valence-electron chi connectivity index (χ0n) is 68.2. The van der Waals surface area contributed by atoms with Crippen molar-refractivity contribution in [2.45, 2.75) is 100 Å². The third kappa shape index (κ3) is 19.3. The summed E-state index contributed by atoms with van der Waals surface area (Å²) in [6, 6.07) is 98.9. The average molecular weight is 2090 g/mol. The first-order chi connectivity index (χ1) is 55.9. The second-order valence-corrected chi connectivity index (χ2v) is 30.0. The van der Waals surface area contributed by atoms with Crippen molar-refractivity contribution in [3.05, 3.63) is 379 Å². The van der Waals surface area contributed by atoms with Crippen molar-refractivity contribution in [3.63, 3.8) is 0 Å². The van der Waals surface area contributed by atoms with E-state index in [1.807, 2.05) is 176 Å². The van der Waals surface area contributed by atoms with E-state index in [1.54, 1.807) is 0 Å². The predicted octanol–water partition coefficient (Wildman–Crippen LogP) is 23.8. The molecule has 6 aromatic heterocycles. The van der Waals surface area contributed by atoms with Gasteiger partial charge in [-0.2, -0.15) is 0 Å². The largest absolute Gasteiger partial charge is 2.00 e. The van der Waals surface area contributed by atoms with E-state index in [9.17, 15) is 0 Å². The van der Waals surface area contributed by atoms with Crippen molar-refractivity contribution >= 4 is 17.3 Å². The number of imidazole rings is 6. The molecule has 0 unspecified atom stereocenters. The third-order valence-corrected chi connectivity index (χ3v) is 20.4. The van der Waals surface area contributed by atoms with Gasteiger partial charge in [-0.3, -0.25) is 34.4 Å². The molecule has 17 aromatic rings. The molecule has 0 spiro atoms. The van der Waals surface area contributed by atoms with Gasteiger partial charge in [0.2, 0.25) is 5.95 Å². The van der Waals surface area contributed by atoms with E-state index in [0.717, 1.165) is 102 Å². The summed E-state index contributed by atoms with van der Waals surface area (Å²) in [7, 11) is 4.04. The predicted molar refractivity (Wildman–Crippen MR) is 463 cm³/mol. The van der Waals surface area contributed by atoms with Crippen molar-refractivity contribution in [1.29, 1.82) is 0 Å². The molecule has 0 amide bonds. The fourth-order valence-electron chi connectivity index (χ4n) is 15.0. The van der Waals surface area contributed by atoms with Crippen LogP contribution in [0.15, 0.2) is 287 Å². The number of benzene rings is 11. The average Bonchev–Trinajstić information content (AvgIpc) is 1.63. The van der Waals surface area contributed by atoms with Crippen molar-refractivity contribution in [3.8, 4) is 102 Å². The maximum atomic E-state index is 6.50. The Morgan fingerprint density at radius 3 is 1.44 bits per heavy atom. The van der Waals surface area contributed by atoms with Crippen LogP contribution in [0.1, 0.15) is 115 Å². The van der Waals surface area contributed by atoms with E-state index in [-0.39, 0.29) is 63.2 Å². The van der Waals surface area contributed by atoms with E-state index in [4.69, 9.17) is 29.7 Å². The summed E-state index contributed by atoms with van der Waals surface area (Å²) in [5, 5.41) is 0. The Bertz CT molecular complexity index is 6140. The summed E-state index contributed by atoms with van der Waals surface area (Å²) in [5.41, 5.74) is 28.5. The standard InChI is InChI=1S/C39H38N4O.C34H29N5.C28H24N4.3Pt/c1-26(2)32-18-10-11-21-37(32)43-24-36(29-14-8-7-9-15-29)41-39(43)44-31-17-12-16-30(22-31)35-23-42(25-40-35)38-33(27(3)4)19-13-20-34(38)28(5)6;1-24-18-25(2)33(26(3)19-24)38-22-31(35-23-38)28-14-11-17-30(20-28)39(29-15-9-6-10-16-29)34-36-32(21-37(34)4)27-12-7-5-8-13-27;1-20-9-7-10-21(2)27(20)32-18-26(29-19-32)24-14-8-11-22(15-24)16-25-17-31(3)28(30-25)23-12-5-4-6-13-23;;;/h7-14,16-21,23-28H,1-6H3;5-12,14-19,21-23H,1-4H3;4-12,14,17-19H,16H2,1-3H3;;;/q3*-2;3*+2. The molecule has 6 heterocycles. The molecule has 17 rings (SSSR count). The Kier molecular flexibility index (Phi) is 28.0. The van der Waals surface area contributed by atoms with Gasteiger partial charge in [-0.25, -0.2) is 4.98 Å². The molecule has 0 aliphatic carbocycles. The van der Waals surface area contributed by atoms with E-state index < -0.39 is 0 Å². The van der Waals surface area contributed by atoms with Gasteiger partial charge in [0, 0.05) is 65.9 Å². The molecule has 11 aromatic carbocycles. The van der Waals surface area contributed by atoms with Crippen LogP contribution in [0.25, 0.3) is 90.4 Å². The molecule has 0 N–H and O–H groups in total. The second-order valence-electron chi connectivity index (χ2n) is 30.0. The van der Waals surface area contributed by atoms with Crippen LogP contribution in [0.3, 0.4) is 0 Å². The summed E-state index contributed by atoms with van der Waals surface area (Å²) in [5.74, 6) is 3.39. The van der Waals surface area contributed by atoms with Gasteiger partial charge < -0.3 is 27.6 Å². The van der Waals surface area contributed by atoms with E-state index in [2.05, 4.69) is 275 Å². The number of ether oxygens (including phenoxy) is 1. The van der Waals surface area contributed by atoms with Crippen molar-refractivity contribution < 1.29 is 67.9 Å². The molecule has 0 saturated heterocycles. The molecule has 0 fully saturated rings. The van der Waals surface area contributed by atoms with Crippen LogP contribution in [0.4, 0.5) is 17.3 Å². The first-order valence-electron chi connectivity index (χ1n) is 39.0. The van der Waals surface area contributed by atoms with Gasteiger partial charge in [-0.05, 0) is 153 Å². The Balaban J connectivity index is 0.000000163. The molecular formula is C101H91N13OPt3. The number of aryl methyl sites for hydroxylation is 7. The Morgan fingerprint density at radius 2 is 0.864 bits per heavy atom. The quantitative estimate of drug-likeness (QED) is 0.0692. The van der Waals surface area contributed by atoms with E-state index in [1.165, 1.54) is 61.6 Å². The fourth-order valence-corrected chi connectivity index (χ4v) is 15.0. The molecule has 0 aliphatic heterocycles. The minimum Gasteiger partial charge on any atom is -0.446 e. The number of rotatable bonds is 20. The maximum absolute atomic E-state index is 6.50. The van der Waals surface area contributed by atoms with Gasteiger partial charge in [-0.1, -0.05) is 138 Å². The molecule has 0 bridgehead atoms. The van der Waals surface area contributed by atoms with Gasteiger partial charge >= 0.3 is 63.2 Å². The molecule has 118 heavy (non-hydrogen) atoms. The van der Waals surface area contributed by atoms with Gasteiger partial charge in [-0.15, -0.1) is 197 Å². The number of para-hydroxylation sites is 4. The maximum Gasteiger partial charge on any atom is 2.00 e. The molecule has 0 aliphatic rings. The number of hydrogen-bond acceptors (Lipinski definition) is 8. The van der Waals surface area contributed by atoms with E-state index >= 15 is 0 Å². The topological polar surface area (TPSA) is 119 Å². The van der Waals surface area contributed by atoms with Crippen molar-refractivity contribution in [2.75, 3.05) is 4.90 Å². The van der Waals surface area contributed by atoms with Crippen LogP contribution in [0, 0.1) is 71.0 Å². The van der Waals surface area contributed by atoms with Crippen LogP contribution in [-0.4, -0.2) is 57.3 Å². The van der Waals surface area contributed by atoms with Gasteiger partial charge in [0.25, 0.3) is 6.01 Å². The first kappa shape index (κ1) is 85.7. The van der Waals surface area contributed by atoms with Crippen LogP contribution < -0.4 is 9.64 Å². The van der Waals surface area contributed by atoms with Crippen molar-refractivity contribution in [1.82, 2.24) is 57.3 Å². The summed E-state index contributed by atoms with van der Waals surface area (Å²) < 4.78 is 19.0. The third-order valence-electron chi connectivity index (χ3n) is 20.4. The molecule has 0 atom stereocenters. The Labute approximate surface area is 736 Å². The number of nitrogens with zero attached hydrogens (tertiary/aromatic N) is 13. The zero-order valence-corrected chi connectivity index (χ0v) is 75.1. The molecule has 0 saturated carbocycles. The number of hydrogen-bond donors (Lipinski definition) is 0. The number of aromatic nitrogens is 12. The fraction of sp³-hybridized carbons (Fsp3) is 0.168. The zero-order chi connectivity index (χ0) is 79.8. The summed E-state index contributed by atoms with van der Waals surface area (Å²) in [4.78, 5) is 31.1. The Morgan fingerprint density at radius 1 is 0.390 bits per heavy atom. The van der Waals surface area contributed by atoms with Crippen LogP contribution in [-0.2, 0) is 83.7 Å². The SMILES string of the molecule is CC(C)c1ccccc1-n1cc(-c2[c-]cccc2)nc1Oc1[c-]c(-c2cn(-c3c(C(C)C)cccc3C(C)C)cn2)ccc1.Cc1cc(C)c(-n2cnc(-c3[c-]c(N(c4ccccc4)c4nc(-c5[c-]cccc5)cn4C)ccc3)c2)c(C)c1.Cc1cccc(C)c1-n1cnc(-c2[c-]c(Cc3cn(C)c(-c4[c-]cccc4)n3)ccc2)c1.[Pt+2].[Pt+2].[Pt+2]. The first-order valence-corrected chi connectivity index (χ1v) is 39.0. The minimum absolute atomic E-state index is 0. The monoisotopic (exact) mass is 2090 g/mol.